The Balaban J connectivity index is 2.34. The van der Waals surface area contributed by atoms with Crippen molar-refractivity contribution in [2.24, 2.45) is 5.92 Å². The standard InChI is InChI=1S/C9H12BrNS/c1-5(2)6-3-4-7-8(6)11-9(10)12-7/h5-6H,3-4H2,1-2H3. The molecule has 1 aromatic rings. The lowest BCUT2D eigenvalue weighted by atomic mass is 9.94. The predicted molar refractivity (Wildman–Crippen MR) is 55.7 cm³/mol. The van der Waals surface area contributed by atoms with Crippen LogP contribution in [0.2, 0.25) is 0 Å². The lowest BCUT2D eigenvalue weighted by molar-refractivity contribution is 0.487. The maximum Gasteiger partial charge on any atom is 0.159 e. The van der Waals surface area contributed by atoms with Crippen LogP contribution in [0.4, 0.5) is 0 Å². The molecule has 1 heterocycles. The fourth-order valence-corrected chi connectivity index (χ4v) is 3.52. The molecule has 1 nitrogen and oxygen atoms in total. The Labute approximate surface area is 85.3 Å². The summed E-state index contributed by atoms with van der Waals surface area (Å²) in [5, 5.41) is 0. The van der Waals surface area contributed by atoms with Gasteiger partial charge in [-0.25, -0.2) is 4.98 Å². The third-order valence-electron chi connectivity index (χ3n) is 2.54. The van der Waals surface area contributed by atoms with Gasteiger partial charge in [-0.15, -0.1) is 11.3 Å². The molecule has 1 atom stereocenters. The maximum atomic E-state index is 4.53. The zero-order valence-corrected chi connectivity index (χ0v) is 9.70. The first-order valence-corrected chi connectivity index (χ1v) is 5.94. The molecule has 0 bridgehead atoms. The third-order valence-corrected chi connectivity index (χ3v) is 4.12. The summed E-state index contributed by atoms with van der Waals surface area (Å²) in [6.07, 6.45) is 2.54. The van der Waals surface area contributed by atoms with Crippen molar-refractivity contribution in [2.45, 2.75) is 32.6 Å². The molecule has 2 rings (SSSR count). The van der Waals surface area contributed by atoms with Gasteiger partial charge in [0.15, 0.2) is 3.92 Å². The fraction of sp³-hybridized carbons (Fsp3) is 0.667. The molecular formula is C9H12BrNS. The van der Waals surface area contributed by atoms with Crippen LogP contribution in [0.1, 0.15) is 36.8 Å². The van der Waals surface area contributed by atoms with Crippen LogP contribution in [0.25, 0.3) is 0 Å². The summed E-state index contributed by atoms with van der Waals surface area (Å²) in [5.74, 6) is 1.45. The first kappa shape index (κ1) is 8.70. The highest BCUT2D eigenvalue weighted by molar-refractivity contribution is 9.11. The summed E-state index contributed by atoms with van der Waals surface area (Å²) in [6, 6.07) is 0. The van der Waals surface area contributed by atoms with E-state index < -0.39 is 0 Å². The Kier molecular flexibility index (Phi) is 2.25. The lowest BCUT2D eigenvalue weighted by Crippen LogP contribution is -2.02. The van der Waals surface area contributed by atoms with Gasteiger partial charge in [0, 0.05) is 10.8 Å². The highest BCUT2D eigenvalue weighted by atomic mass is 79.9. The summed E-state index contributed by atoms with van der Waals surface area (Å²) in [5.41, 5.74) is 1.36. The second-order valence-corrected chi connectivity index (χ2v) is 6.02. The van der Waals surface area contributed by atoms with E-state index in [1.807, 2.05) is 0 Å². The Bertz CT molecular complexity index is 293. The van der Waals surface area contributed by atoms with Gasteiger partial charge in [0.25, 0.3) is 0 Å². The molecule has 0 saturated heterocycles. The SMILES string of the molecule is CC(C)C1CCc2sc(Br)nc21. The van der Waals surface area contributed by atoms with E-state index in [9.17, 15) is 0 Å². The smallest absolute Gasteiger partial charge is 0.159 e. The van der Waals surface area contributed by atoms with Gasteiger partial charge < -0.3 is 0 Å². The number of thiazole rings is 1. The fourth-order valence-electron chi connectivity index (χ4n) is 1.87. The van der Waals surface area contributed by atoms with E-state index in [4.69, 9.17) is 0 Å². The molecule has 0 saturated carbocycles. The second kappa shape index (κ2) is 3.11. The van der Waals surface area contributed by atoms with Crippen LogP contribution in [0, 0.1) is 5.92 Å². The zero-order valence-electron chi connectivity index (χ0n) is 7.30. The van der Waals surface area contributed by atoms with Crippen LogP contribution in [0.5, 0.6) is 0 Å². The molecule has 12 heavy (non-hydrogen) atoms. The van der Waals surface area contributed by atoms with E-state index >= 15 is 0 Å². The van der Waals surface area contributed by atoms with E-state index in [1.54, 1.807) is 11.3 Å². The Morgan fingerprint density at radius 2 is 2.33 bits per heavy atom. The van der Waals surface area contributed by atoms with Crippen molar-refractivity contribution < 1.29 is 0 Å². The minimum Gasteiger partial charge on any atom is -0.234 e. The minimum absolute atomic E-state index is 0.711. The van der Waals surface area contributed by atoms with E-state index in [-0.39, 0.29) is 0 Å². The number of nitrogens with zero attached hydrogens (tertiary/aromatic N) is 1. The molecule has 0 spiro atoms. The van der Waals surface area contributed by atoms with E-state index in [0.29, 0.717) is 5.92 Å². The first-order valence-electron chi connectivity index (χ1n) is 4.33. The number of hydrogen-bond acceptors (Lipinski definition) is 2. The molecule has 0 aliphatic heterocycles. The molecule has 0 fully saturated rings. The molecule has 1 unspecified atom stereocenters. The van der Waals surface area contributed by atoms with Crippen molar-refractivity contribution >= 4 is 27.3 Å². The van der Waals surface area contributed by atoms with E-state index in [1.165, 1.54) is 23.4 Å². The van der Waals surface area contributed by atoms with Gasteiger partial charge in [0.2, 0.25) is 0 Å². The molecule has 0 radical (unpaired) electrons. The molecule has 1 aliphatic rings. The van der Waals surface area contributed by atoms with Gasteiger partial charge in [-0.1, -0.05) is 13.8 Å². The Hall–Kier alpha value is 0.110. The molecule has 0 N–H and O–H groups in total. The number of aryl methyl sites for hydroxylation is 1. The molecule has 66 valence electrons. The molecule has 1 aromatic heterocycles. The van der Waals surface area contributed by atoms with Gasteiger partial charge in [0.05, 0.1) is 5.69 Å². The highest BCUT2D eigenvalue weighted by Gasteiger charge is 2.28. The highest BCUT2D eigenvalue weighted by Crippen LogP contribution is 2.41. The van der Waals surface area contributed by atoms with Crippen molar-refractivity contribution in [3.8, 4) is 0 Å². The topological polar surface area (TPSA) is 12.9 Å². The molecule has 0 aromatic carbocycles. The second-order valence-electron chi connectivity index (χ2n) is 3.66. The van der Waals surface area contributed by atoms with Crippen LogP contribution >= 0.6 is 27.3 Å². The van der Waals surface area contributed by atoms with Crippen molar-refractivity contribution in [1.29, 1.82) is 0 Å². The van der Waals surface area contributed by atoms with Gasteiger partial charge in [0.1, 0.15) is 0 Å². The van der Waals surface area contributed by atoms with Crippen LogP contribution in [0.3, 0.4) is 0 Å². The minimum atomic E-state index is 0.711. The maximum absolute atomic E-state index is 4.53. The third kappa shape index (κ3) is 1.33. The van der Waals surface area contributed by atoms with Gasteiger partial charge in [-0.2, -0.15) is 0 Å². The van der Waals surface area contributed by atoms with Crippen LogP contribution < -0.4 is 0 Å². The predicted octanol–water partition coefficient (Wildman–Crippen LogP) is 3.59. The van der Waals surface area contributed by atoms with Crippen LogP contribution in [-0.2, 0) is 6.42 Å². The number of aromatic nitrogens is 1. The van der Waals surface area contributed by atoms with Crippen molar-refractivity contribution in [2.75, 3.05) is 0 Å². The monoisotopic (exact) mass is 245 g/mol. The van der Waals surface area contributed by atoms with Gasteiger partial charge >= 0.3 is 0 Å². The van der Waals surface area contributed by atoms with E-state index in [2.05, 4.69) is 34.8 Å². The number of fused-ring (bicyclic) bond motifs is 1. The van der Waals surface area contributed by atoms with E-state index in [0.717, 1.165) is 9.83 Å². The number of halogens is 1. The molecule has 3 heteroatoms. The van der Waals surface area contributed by atoms with Crippen LogP contribution in [0.15, 0.2) is 3.92 Å². The average Bonchev–Trinajstić information content (AvgIpc) is 2.43. The normalized spacial score (nSPS) is 21.8. The first-order chi connectivity index (χ1) is 5.68. The number of hydrogen-bond donors (Lipinski definition) is 0. The Morgan fingerprint density at radius 3 is 3.00 bits per heavy atom. The summed E-state index contributed by atoms with van der Waals surface area (Å²) >= 11 is 5.25. The quantitative estimate of drug-likeness (QED) is 0.737. The largest absolute Gasteiger partial charge is 0.234 e. The lowest BCUT2D eigenvalue weighted by Gasteiger charge is -2.12. The van der Waals surface area contributed by atoms with Gasteiger partial charge in [-0.3, -0.25) is 0 Å². The number of rotatable bonds is 1. The zero-order chi connectivity index (χ0) is 8.72. The van der Waals surface area contributed by atoms with Crippen molar-refractivity contribution in [1.82, 2.24) is 4.98 Å². The van der Waals surface area contributed by atoms with Crippen molar-refractivity contribution in [3.05, 3.63) is 14.5 Å². The summed E-state index contributed by atoms with van der Waals surface area (Å²) in [6.45, 7) is 4.57. The molecule has 0 amide bonds. The molecule has 1 aliphatic carbocycles. The Morgan fingerprint density at radius 1 is 1.58 bits per heavy atom. The van der Waals surface area contributed by atoms with Crippen LogP contribution in [-0.4, -0.2) is 4.98 Å². The van der Waals surface area contributed by atoms with Crippen molar-refractivity contribution in [3.63, 3.8) is 0 Å². The average molecular weight is 246 g/mol. The summed E-state index contributed by atoms with van der Waals surface area (Å²) < 4.78 is 1.05. The summed E-state index contributed by atoms with van der Waals surface area (Å²) in [7, 11) is 0. The molecular weight excluding hydrogens is 234 g/mol. The summed E-state index contributed by atoms with van der Waals surface area (Å²) in [4.78, 5) is 6.03. The van der Waals surface area contributed by atoms with Gasteiger partial charge in [-0.05, 0) is 34.7 Å².